The Morgan fingerprint density at radius 3 is 2.73 bits per heavy atom. The minimum absolute atomic E-state index is 0.291. The SMILES string of the molecule is O=S1(=O)Nc2ccccc2C1=Cc1cccc2ncccc12. The van der Waals surface area contributed by atoms with E-state index in [1.54, 1.807) is 18.3 Å². The smallest absolute Gasteiger partial charge is 0.262 e. The van der Waals surface area contributed by atoms with Crippen molar-refractivity contribution in [2.24, 2.45) is 0 Å². The third-order valence-corrected chi connectivity index (χ3v) is 5.10. The minimum Gasteiger partial charge on any atom is -0.279 e. The maximum absolute atomic E-state index is 12.4. The molecule has 1 aliphatic rings. The van der Waals surface area contributed by atoms with Crippen LogP contribution in [0.3, 0.4) is 0 Å². The van der Waals surface area contributed by atoms with Crippen LogP contribution in [0.15, 0.2) is 60.8 Å². The van der Waals surface area contributed by atoms with E-state index in [0.29, 0.717) is 16.2 Å². The predicted molar refractivity (Wildman–Crippen MR) is 88.6 cm³/mol. The van der Waals surface area contributed by atoms with E-state index in [1.807, 2.05) is 48.5 Å². The van der Waals surface area contributed by atoms with Crippen LogP contribution < -0.4 is 4.72 Å². The summed E-state index contributed by atoms with van der Waals surface area (Å²) in [7, 11) is -3.52. The molecule has 0 saturated heterocycles. The highest BCUT2D eigenvalue weighted by atomic mass is 32.2. The molecule has 22 heavy (non-hydrogen) atoms. The highest BCUT2D eigenvalue weighted by molar-refractivity contribution is 8.02. The van der Waals surface area contributed by atoms with Crippen molar-refractivity contribution in [1.29, 1.82) is 0 Å². The lowest BCUT2D eigenvalue weighted by Gasteiger charge is -2.03. The first-order valence-electron chi connectivity index (χ1n) is 6.83. The second kappa shape index (κ2) is 4.68. The van der Waals surface area contributed by atoms with Gasteiger partial charge in [-0.2, -0.15) is 0 Å². The number of para-hydroxylation sites is 1. The number of nitrogens with zero attached hydrogens (tertiary/aromatic N) is 1. The Labute approximate surface area is 128 Å². The van der Waals surface area contributed by atoms with Crippen molar-refractivity contribution in [3.05, 3.63) is 71.9 Å². The molecule has 0 atom stereocenters. The van der Waals surface area contributed by atoms with Crippen molar-refractivity contribution in [1.82, 2.24) is 4.98 Å². The van der Waals surface area contributed by atoms with Crippen LogP contribution in [-0.4, -0.2) is 13.4 Å². The summed E-state index contributed by atoms with van der Waals surface area (Å²) in [4.78, 5) is 4.59. The first-order chi connectivity index (χ1) is 10.6. The van der Waals surface area contributed by atoms with Crippen LogP contribution in [0, 0.1) is 0 Å². The number of nitrogens with one attached hydrogen (secondary N) is 1. The summed E-state index contributed by atoms with van der Waals surface area (Å²) in [6, 6.07) is 16.7. The summed E-state index contributed by atoms with van der Waals surface area (Å²) in [6.45, 7) is 0. The number of hydrogen-bond acceptors (Lipinski definition) is 3. The number of hydrogen-bond donors (Lipinski definition) is 1. The number of sulfonamides is 1. The van der Waals surface area contributed by atoms with Crippen molar-refractivity contribution < 1.29 is 8.42 Å². The third kappa shape index (κ3) is 1.98. The fraction of sp³-hybridized carbons (Fsp3) is 0. The number of anilines is 1. The Morgan fingerprint density at radius 2 is 1.82 bits per heavy atom. The van der Waals surface area contributed by atoms with E-state index in [0.717, 1.165) is 16.5 Å². The van der Waals surface area contributed by atoms with Gasteiger partial charge in [-0.3, -0.25) is 9.71 Å². The average Bonchev–Trinajstić information content (AvgIpc) is 2.78. The van der Waals surface area contributed by atoms with Crippen LogP contribution in [0.4, 0.5) is 5.69 Å². The molecule has 3 aromatic rings. The van der Waals surface area contributed by atoms with Crippen LogP contribution in [0.2, 0.25) is 0 Å². The number of pyridine rings is 1. The normalized spacial score (nSPS) is 17.4. The Morgan fingerprint density at radius 1 is 0.955 bits per heavy atom. The van der Waals surface area contributed by atoms with E-state index < -0.39 is 10.0 Å². The van der Waals surface area contributed by atoms with Gasteiger partial charge < -0.3 is 0 Å². The summed E-state index contributed by atoms with van der Waals surface area (Å²) >= 11 is 0. The molecular formula is C17H12N2O2S. The van der Waals surface area contributed by atoms with Gasteiger partial charge in [-0.1, -0.05) is 36.4 Å². The van der Waals surface area contributed by atoms with Crippen LogP contribution in [0.1, 0.15) is 11.1 Å². The van der Waals surface area contributed by atoms with Gasteiger partial charge in [0.15, 0.2) is 0 Å². The van der Waals surface area contributed by atoms with E-state index in [2.05, 4.69) is 9.71 Å². The lowest BCUT2D eigenvalue weighted by atomic mass is 10.1. The van der Waals surface area contributed by atoms with Crippen molar-refractivity contribution in [2.45, 2.75) is 0 Å². The molecule has 0 fully saturated rings. The van der Waals surface area contributed by atoms with Gasteiger partial charge in [0, 0.05) is 17.1 Å². The highest BCUT2D eigenvalue weighted by Gasteiger charge is 2.29. The summed E-state index contributed by atoms with van der Waals surface area (Å²) in [5.74, 6) is 0. The van der Waals surface area contributed by atoms with E-state index >= 15 is 0 Å². The van der Waals surface area contributed by atoms with Crippen molar-refractivity contribution >= 4 is 37.6 Å². The van der Waals surface area contributed by atoms with E-state index in [1.165, 1.54) is 0 Å². The summed E-state index contributed by atoms with van der Waals surface area (Å²) in [5.41, 5.74) is 2.99. The number of rotatable bonds is 1. The lowest BCUT2D eigenvalue weighted by Crippen LogP contribution is -2.05. The Balaban J connectivity index is 1.99. The molecule has 0 unspecified atom stereocenters. The molecule has 0 bridgehead atoms. The molecule has 4 nitrogen and oxygen atoms in total. The lowest BCUT2D eigenvalue weighted by molar-refractivity contribution is 0.611. The van der Waals surface area contributed by atoms with E-state index in [-0.39, 0.29) is 0 Å². The molecule has 2 aromatic carbocycles. The zero-order chi connectivity index (χ0) is 15.2. The molecule has 0 spiro atoms. The molecule has 1 aliphatic heterocycles. The first kappa shape index (κ1) is 13.0. The van der Waals surface area contributed by atoms with Crippen LogP contribution in [-0.2, 0) is 10.0 Å². The van der Waals surface area contributed by atoms with Crippen LogP contribution in [0.25, 0.3) is 21.9 Å². The number of aromatic nitrogens is 1. The van der Waals surface area contributed by atoms with Gasteiger partial charge in [-0.05, 0) is 29.8 Å². The Bertz CT molecular complexity index is 1020. The number of benzene rings is 2. The number of fused-ring (bicyclic) bond motifs is 2. The molecule has 0 amide bonds. The predicted octanol–water partition coefficient (Wildman–Crippen LogP) is 3.49. The Kier molecular flexibility index (Phi) is 2.77. The fourth-order valence-electron chi connectivity index (χ4n) is 2.68. The average molecular weight is 308 g/mol. The van der Waals surface area contributed by atoms with Gasteiger partial charge in [0.1, 0.15) is 0 Å². The zero-order valence-corrected chi connectivity index (χ0v) is 12.3. The van der Waals surface area contributed by atoms with Gasteiger partial charge in [-0.25, -0.2) is 8.42 Å². The highest BCUT2D eigenvalue weighted by Crippen LogP contribution is 2.38. The van der Waals surface area contributed by atoms with E-state index in [4.69, 9.17) is 0 Å². The topological polar surface area (TPSA) is 59.1 Å². The molecule has 2 heterocycles. The second-order valence-electron chi connectivity index (χ2n) is 5.08. The van der Waals surface area contributed by atoms with Crippen LogP contribution >= 0.6 is 0 Å². The van der Waals surface area contributed by atoms with E-state index in [9.17, 15) is 8.42 Å². The van der Waals surface area contributed by atoms with Gasteiger partial charge in [0.05, 0.1) is 16.1 Å². The summed E-state index contributed by atoms with van der Waals surface area (Å²) in [5, 5.41) is 0.928. The third-order valence-electron chi connectivity index (χ3n) is 3.69. The second-order valence-corrected chi connectivity index (χ2v) is 6.73. The Hall–Kier alpha value is -2.66. The summed E-state index contributed by atoms with van der Waals surface area (Å²) in [6.07, 6.45) is 3.43. The van der Waals surface area contributed by atoms with Crippen molar-refractivity contribution in [3.63, 3.8) is 0 Å². The largest absolute Gasteiger partial charge is 0.279 e. The van der Waals surface area contributed by atoms with Gasteiger partial charge >= 0.3 is 0 Å². The van der Waals surface area contributed by atoms with Crippen LogP contribution in [0.5, 0.6) is 0 Å². The fourth-order valence-corrected chi connectivity index (χ4v) is 4.01. The van der Waals surface area contributed by atoms with Crippen molar-refractivity contribution in [2.75, 3.05) is 4.72 Å². The molecule has 0 radical (unpaired) electrons. The molecule has 1 aromatic heterocycles. The van der Waals surface area contributed by atoms with Gasteiger partial charge in [0.25, 0.3) is 10.0 Å². The molecule has 5 heteroatoms. The molecule has 4 rings (SSSR count). The van der Waals surface area contributed by atoms with Crippen molar-refractivity contribution in [3.8, 4) is 0 Å². The monoisotopic (exact) mass is 308 g/mol. The molecule has 1 N–H and O–H groups in total. The molecular weight excluding hydrogens is 296 g/mol. The standard InChI is InChI=1S/C17H12N2O2S/c20-22(21)17(14-6-1-2-8-16(14)19-22)11-12-5-3-9-15-13(12)7-4-10-18-15/h1-11,19H. The quantitative estimate of drug-likeness (QED) is 0.748. The van der Waals surface area contributed by atoms with Gasteiger partial charge in [0.2, 0.25) is 0 Å². The minimum atomic E-state index is -3.52. The zero-order valence-electron chi connectivity index (χ0n) is 11.5. The molecule has 108 valence electrons. The summed E-state index contributed by atoms with van der Waals surface area (Å²) < 4.78 is 27.3. The maximum atomic E-state index is 12.4. The molecule has 0 saturated carbocycles. The molecule has 0 aliphatic carbocycles. The van der Waals surface area contributed by atoms with Gasteiger partial charge in [-0.15, -0.1) is 0 Å². The maximum Gasteiger partial charge on any atom is 0.262 e. The first-order valence-corrected chi connectivity index (χ1v) is 8.31.